The first kappa shape index (κ1) is 17.0. The number of nitrogens with zero attached hydrogens (tertiary/aromatic N) is 2. The molecule has 0 fully saturated rings. The van der Waals surface area contributed by atoms with Crippen LogP contribution in [0.4, 0.5) is 5.82 Å². The smallest absolute Gasteiger partial charge is 0.165 e. The van der Waals surface area contributed by atoms with Crippen LogP contribution in [-0.2, 0) is 19.4 Å². The summed E-state index contributed by atoms with van der Waals surface area (Å²) >= 11 is 0. The van der Waals surface area contributed by atoms with Crippen LogP contribution >= 0.6 is 0 Å². The molecule has 0 unspecified atom stereocenters. The minimum absolute atomic E-state index is 0.759. The fourth-order valence-corrected chi connectivity index (χ4v) is 4.08. The second-order valence-electron chi connectivity index (χ2n) is 7.40. The molecule has 2 aromatic heterocycles. The van der Waals surface area contributed by atoms with E-state index in [2.05, 4.69) is 35.6 Å². The van der Waals surface area contributed by atoms with Crippen molar-refractivity contribution in [2.45, 2.75) is 39.2 Å². The van der Waals surface area contributed by atoms with Gasteiger partial charge in [0, 0.05) is 23.2 Å². The summed E-state index contributed by atoms with van der Waals surface area (Å²) < 4.78 is 5.97. The van der Waals surface area contributed by atoms with Gasteiger partial charge in [0.05, 0.1) is 5.56 Å². The first-order chi connectivity index (χ1) is 13.8. The van der Waals surface area contributed by atoms with Crippen LogP contribution < -0.4 is 5.32 Å². The molecule has 2 heterocycles. The van der Waals surface area contributed by atoms with Crippen LogP contribution in [0.5, 0.6) is 0 Å². The van der Waals surface area contributed by atoms with E-state index in [0.717, 1.165) is 53.3 Å². The van der Waals surface area contributed by atoms with Crippen LogP contribution in [0.2, 0.25) is 0 Å². The largest absolute Gasteiger partial charge is 0.461 e. The van der Waals surface area contributed by atoms with E-state index in [1.807, 2.05) is 31.2 Å². The van der Waals surface area contributed by atoms with Gasteiger partial charge in [-0.2, -0.15) is 0 Å². The summed E-state index contributed by atoms with van der Waals surface area (Å²) in [5.41, 5.74) is 5.59. The number of hydrogen-bond donors (Lipinski definition) is 1. The van der Waals surface area contributed by atoms with Crippen LogP contribution in [0.1, 0.15) is 35.4 Å². The number of rotatable bonds is 4. The lowest BCUT2D eigenvalue weighted by atomic mass is 9.96. The molecule has 5 rings (SSSR count). The van der Waals surface area contributed by atoms with E-state index in [-0.39, 0.29) is 0 Å². The molecule has 2 aromatic carbocycles. The molecule has 1 aliphatic rings. The lowest BCUT2D eigenvalue weighted by Gasteiger charge is -2.20. The highest BCUT2D eigenvalue weighted by Crippen LogP contribution is 2.35. The molecule has 0 spiro atoms. The number of aromatic nitrogens is 2. The summed E-state index contributed by atoms with van der Waals surface area (Å²) in [6, 6.07) is 18.6. The van der Waals surface area contributed by atoms with Gasteiger partial charge in [-0.05, 0) is 44.2 Å². The third-order valence-corrected chi connectivity index (χ3v) is 5.48. The molecule has 140 valence electrons. The van der Waals surface area contributed by atoms with Gasteiger partial charge in [0.15, 0.2) is 5.82 Å². The number of aryl methyl sites for hydroxylation is 2. The van der Waals surface area contributed by atoms with Crippen LogP contribution in [0.25, 0.3) is 22.4 Å². The Bertz CT molecular complexity index is 1130. The van der Waals surface area contributed by atoms with Gasteiger partial charge in [-0.25, -0.2) is 9.97 Å². The van der Waals surface area contributed by atoms with E-state index in [9.17, 15) is 0 Å². The predicted molar refractivity (Wildman–Crippen MR) is 112 cm³/mol. The summed E-state index contributed by atoms with van der Waals surface area (Å²) in [6.45, 7) is 2.75. The highest BCUT2D eigenvalue weighted by atomic mass is 16.3. The number of hydrogen-bond acceptors (Lipinski definition) is 4. The molecule has 4 heteroatoms. The molecule has 1 N–H and O–H groups in total. The van der Waals surface area contributed by atoms with E-state index in [1.165, 1.54) is 29.7 Å². The maximum absolute atomic E-state index is 5.97. The molecule has 1 aliphatic carbocycles. The van der Waals surface area contributed by atoms with Crippen LogP contribution in [0, 0.1) is 6.92 Å². The maximum Gasteiger partial charge on any atom is 0.165 e. The Labute approximate surface area is 164 Å². The highest BCUT2D eigenvalue weighted by Gasteiger charge is 2.21. The van der Waals surface area contributed by atoms with Crippen molar-refractivity contribution in [1.29, 1.82) is 0 Å². The minimum atomic E-state index is 0.759. The van der Waals surface area contributed by atoms with Crippen molar-refractivity contribution in [2.75, 3.05) is 5.32 Å². The predicted octanol–water partition coefficient (Wildman–Crippen LogP) is 5.69. The monoisotopic (exact) mass is 369 g/mol. The van der Waals surface area contributed by atoms with Crippen molar-refractivity contribution in [3.05, 3.63) is 77.2 Å². The Hall–Kier alpha value is -3.14. The van der Waals surface area contributed by atoms with Gasteiger partial charge >= 0.3 is 0 Å². The molecule has 0 amide bonds. The Morgan fingerprint density at radius 3 is 2.61 bits per heavy atom. The average molecular weight is 369 g/mol. The number of fused-ring (bicyclic) bond motifs is 2. The number of nitrogens with one attached hydrogen (secondary N) is 1. The van der Waals surface area contributed by atoms with Crippen molar-refractivity contribution in [3.8, 4) is 11.4 Å². The first-order valence-electron chi connectivity index (χ1n) is 9.95. The third kappa shape index (κ3) is 3.05. The van der Waals surface area contributed by atoms with Gasteiger partial charge in [-0.15, -0.1) is 0 Å². The summed E-state index contributed by atoms with van der Waals surface area (Å²) in [6.07, 6.45) is 4.44. The second kappa shape index (κ2) is 7.12. The zero-order valence-corrected chi connectivity index (χ0v) is 16.0. The lowest BCUT2D eigenvalue weighted by molar-refractivity contribution is 0.579. The van der Waals surface area contributed by atoms with Gasteiger partial charge in [0.2, 0.25) is 0 Å². The number of anilines is 1. The molecule has 0 bridgehead atoms. The molecule has 4 aromatic rings. The Morgan fingerprint density at radius 2 is 1.71 bits per heavy atom. The summed E-state index contributed by atoms with van der Waals surface area (Å²) in [5, 5.41) is 4.65. The summed E-state index contributed by atoms with van der Waals surface area (Å²) in [4.78, 5) is 9.94. The lowest BCUT2D eigenvalue weighted by Crippen LogP contribution is -2.13. The van der Waals surface area contributed by atoms with Gasteiger partial charge in [0.25, 0.3) is 0 Å². The van der Waals surface area contributed by atoms with Crippen LogP contribution in [0.15, 0.2) is 59.0 Å². The van der Waals surface area contributed by atoms with Gasteiger partial charge < -0.3 is 9.73 Å². The molecule has 0 aliphatic heterocycles. The topological polar surface area (TPSA) is 51.0 Å². The van der Waals surface area contributed by atoms with E-state index in [0.29, 0.717) is 0 Å². The summed E-state index contributed by atoms with van der Waals surface area (Å²) in [7, 11) is 0. The van der Waals surface area contributed by atoms with Crippen molar-refractivity contribution in [1.82, 2.24) is 9.97 Å². The highest BCUT2D eigenvalue weighted by molar-refractivity contribution is 5.94. The average Bonchev–Trinajstić information content (AvgIpc) is 3.08. The normalized spacial score (nSPS) is 13.5. The van der Waals surface area contributed by atoms with Crippen molar-refractivity contribution >= 4 is 16.8 Å². The SMILES string of the molecule is Cc1oc2ccccc2c1-c1nc2c(c(NCc3ccccc3)n1)CCCC2. The van der Waals surface area contributed by atoms with Gasteiger partial charge in [-0.1, -0.05) is 48.5 Å². The Morgan fingerprint density at radius 1 is 0.929 bits per heavy atom. The van der Waals surface area contributed by atoms with Gasteiger partial charge in [0.1, 0.15) is 17.2 Å². The number of benzene rings is 2. The molecule has 0 radical (unpaired) electrons. The van der Waals surface area contributed by atoms with Gasteiger partial charge in [-0.3, -0.25) is 0 Å². The third-order valence-electron chi connectivity index (χ3n) is 5.48. The Kier molecular flexibility index (Phi) is 4.32. The van der Waals surface area contributed by atoms with E-state index in [4.69, 9.17) is 14.4 Å². The standard InChI is InChI=1S/C24H23N3O/c1-16-22(19-12-6-8-14-21(19)28-16)24-26-20-13-7-5-11-18(20)23(27-24)25-15-17-9-3-2-4-10-17/h2-4,6,8-10,12,14H,5,7,11,13,15H2,1H3,(H,25,26,27). The van der Waals surface area contributed by atoms with Crippen molar-refractivity contribution in [2.24, 2.45) is 0 Å². The maximum atomic E-state index is 5.97. The van der Waals surface area contributed by atoms with E-state index in [1.54, 1.807) is 0 Å². The molecule has 4 nitrogen and oxygen atoms in total. The molecule has 28 heavy (non-hydrogen) atoms. The molecular formula is C24H23N3O. The molecule has 0 atom stereocenters. The fourth-order valence-electron chi connectivity index (χ4n) is 4.08. The van der Waals surface area contributed by atoms with Crippen molar-refractivity contribution in [3.63, 3.8) is 0 Å². The number of para-hydroxylation sites is 1. The first-order valence-corrected chi connectivity index (χ1v) is 9.95. The molecule has 0 saturated carbocycles. The van der Waals surface area contributed by atoms with E-state index >= 15 is 0 Å². The molecule has 0 saturated heterocycles. The summed E-state index contributed by atoms with van der Waals surface area (Å²) in [5.74, 6) is 2.60. The van der Waals surface area contributed by atoms with Crippen molar-refractivity contribution < 1.29 is 4.42 Å². The van der Waals surface area contributed by atoms with E-state index < -0.39 is 0 Å². The zero-order chi connectivity index (χ0) is 18.9. The minimum Gasteiger partial charge on any atom is -0.461 e. The molecular weight excluding hydrogens is 346 g/mol. The fraction of sp³-hybridized carbons (Fsp3) is 0.250. The van der Waals surface area contributed by atoms with Crippen LogP contribution in [0.3, 0.4) is 0 Å². The quantitative estimate of drug-likeness (QED) is 0.502. The second-order valence-corrected chi connectivity index (χ2v) is 7.40. The zero-order valence-electron chi connectivity index (χ0n) is 16.0. The Balaban J connectivity index is 1.60. The van der Waals surface area contributed by atoms with Crippen LogP contribution in [-0.4, -0.2) is 9.97 Å². The number of furan rings is 1.